The van der Waals surface area contributed by atoms with Crippen molar-refractivity contribution in [2.45, 2.75) is 129 Å². The first-order valence-corrected chi connectivity index (χ1v) is 14.6. The number of ether oxygens (including phenoxy) is 5. The summed E-state index contributed by atoms with van der Waals surface area (Å²) in [5.41, 5.74) is -6.16. The second-order valence-corrected chi connectivity index (χ2v) is 12.5. The Balaban J connectivity index is 2.33. The topological polar surface area (TPSA) is 172 Å². The highest BCUT2D eigenvalue weighted by Gasteiger charge is 2.76. The van der Waals surface area contributed by atoms with Crippen molar-refractivity contribution in [2.24, 2.45) is 11.8 Å². The molecule has 0 bridgehead atoms. The Bertz CT molecular complexity index is 1230. The van der Waals surface area contributed by atoms with E-state index in [2.05, 4.69) is 0 Å². The van der Waals surface area contributed by atoms with Crippen LogP contribution in [0, 0.1) is 11.8 Å². The molecule has 2 fully saturated rings. The highest BCUT2D eigenvalue weighted by atomic mass is 16.6. The Morgan fingerprint density at radius 1 is 1.07 bits per heavy atom. The minimum atomic E-state index is -2.58. The molecule has 1 saturated heterocycles. The lowest BCUT2D eigenvalue weighted by Gasteiger charge is -2.41. The molecule has 0 aromatic heterocycles. The molecule has 1 heterocycles. The average Bonchev–Trinajstić information content (AvgIpc) is 3.21. The zero-order valence-electron chi connectivity index (χ0n) is 26.3. The number of fused-ring (bicyclic) bond motifs is 3. The van der Waals surface area contributed by atoms with Crippen LogP contribution < -0.4 is 0 Å². The maximum absolute atomic E-state index is 13.1. The number of carbonyl (C=O) groups excluding carboxylic acids is 5. The van der Waals surface area contributed by atoms with Crippen LogP contribution in [0.5, 0.6) is 0 Å². The molecule has 0 radical (unpaired) electrons. The molecule has 1 aliphatic heterocycles. The second-order valence-electron chi connectivity index (χ2n) is 12.5. The predicted molar refractivity (Wildman–Crippen MR) is 150 cm³/mol. The minimum Gasteiger partial charge on any atom is -0.459 e. The third-order valence-corrected chi connectivity index (χ3v) is 8.60. The molecule has 3 aliphatic rings. The van der Waals surface area contributed by atoms with Crippen LogP contribution in [-0.4, -0.2) is 81.3 Å². The molecule has 2 aliphatic carbocycles. The van der Waals surface area contributed by atoms with E-state index in [1.807, 2.05) is 13.8 Å². The van der Waals surface area contributed by atoms with Crippen LogP contribution in [-0.2, 0) is 47.7 Å². The zero-order chi connectivity index (χ0) is 32.7. The van der Waals surface area contributed by atoms with Crippen LogP contribution in [0.25, 0.3) is 0 Å². The van der Waals surface area contributed by atoms with E-state index < -0.39 is 83.4 Å². The highest BCUT2D eigenvalue weighted by Crippen LogP contribution is 2.57. The summed E-state index contributed by atoms with van der Waals surface area (Å²) in [6, 6.07) is 0. The molecule has 0 aromatic rings. The van der Waals surface area contributed by atoms with Gasteiger partial charge in [-0.2, -0.15) is 0 Å². The van der Waals surface area contributed by atoms with E-state index in [9.17, 15) is 34.2 Å². The Kier molecular flexibility index (Phi) is 9.87. The molecule has 0 aromatic carbocycles. The molecule has 0 spiro atoms. The van der Waals surface area contributed by atoms with Crippen LogP contribution in [0.2, 0.25) is 0 Å². The van der Waals surface area contributed by atoms with Crippen molar-refractivity contribution in [1.29, 1.82) is 0 Å². The minimum absolute atomic E-state index is 0.0186. The Hall–Kier alpha value is -3.25. The van der Waals surface area contributed by atoms with E-state index in [1.54, 1.807) is 33.8 Å². The van der Waals surface area contributed by atoms with Gasteiger partial charge in [0.1, 0.15) is 11.7 Å². The fourth-order valence-corrected chi connectivity index (χ4v) is 6.35. The van der Waals surface area contributed by atoms with Gasteiger partial charge in [-0.3, -0.25) is 14.4 Å². The molecule has 12 heteroatoms. The number of allylic oxidation sites excluding steroid dienone is 1. The molecule has 0 amide bonds. The number of esters is 5. The Labute approximate surface area is 251 Å². The van der Waals surface area contributed by atoms with Crippen molar-refractivity contribution in [3.63, 3.8) is 0 Å². The SMILES string of the molecule is C/C=C(/C)C(=O)O[C@H]1C(C)=C2C([C@@H]1OC(=O)CC(C)C)[C@@](C)(OC(C)=O)C[C@H](OC(=O)CCC)[C@@]1(O)C2OC(=O)[C@@]1(C)O. The Morgan fingerprint density at radius 3 is 2.23 bits per heavy atom. The van der Waals surface area contributed by atoms with Crippen LogP contribution in [0.3, 0.4) is 0 Å². The van der Waals surface area contributed by atoms with E-state index in [0.717, 1.165) is 13.8 Å². The lowest BCUT2D eigenvalue weighted by molar-refractivity contribution is -0.212. The van der Waals surface area contributed by atoms with Gasteiger partial charge in [-0.15, -0.1) is 0 Å². The maximum Gasteiger partial charge on any atom is 0.341 e. The number of aliphatic hydroxyl groups is 2. The van der Waals surface area contributed by atoms with Gasteiger partial charge >= 0.3 is 29.8 Å². The molecule has 2 unspecified atom stereocenters. The normalized spacial score (nSPS) is 35.5. The molecular weight excluding hydrogens is 564 g/mol. The third-order valence-electron chi connectivity index (χ3n) is 8.60. The van der Waals surface area contributed by atoms with E-state index in [1.165, 1.54) is 6.92 Å². The summed E-state index contributed by atoms with van der Waals surface area (Å²) in [5, 5.41) is 23.7. The van der Waals surface area contributed by atoms with Crippen molar-refractivity contribution in [2.75, 3.05) is 0 Å². The number of hydrogen-bond acceptors (Lipinski definition) is 12. The van der Waals surface area contributed by atoms with Gasteiger partial charge in [0.15, 0.2) is 29.5 Å². The van der Waals surface area contributed by atoms with Gasteiger partial charge in [-0.1, -0.05) is 26.8 Å². The van der Waals surface area contributed by atoms with Crippen LogP contribution >= 0.6 is 0 Å². The summed E-state index contributed by atoms with van der Waals surface area (Å²) in [6.07, 6.45) is -4.24. The van der Waals surface area contributed by atoms with Gasteiger partial charge in [0.05, 0.1) is 5.92 Å². The van der Waals surface area contributed by atoms with Crippen LogP contribution in [0.4, 0.5) is 0 Å². The molecule has 240 valence electrons. The van der Waals surface area contributed by atoms with Gasteiger partial charge < -0.3 is 33.9 Å². The van der Waals surface area contributed by atoms with Gasteiger partial charge in [0.2, 0.25) is 0 Å². The van der Waals surface area contributed by atoms with Crippen LogP contribution in [0.15, 0.2) is 22.8 Å². The van der Waals surface area contributed by atoms with Crippen molar-refractivity contribution in [3.05, 3.63) is 22.8 Å². The first-order valence-electron chi connectivity index (χ1n) is 14.6. The summed E-state index contributed by atoms with van der Waals surface area (Å²) in [4.78, 5) is 64.5. The third kappa shape index (κ3) is 6.08. The number of hydrogen-bond donors (Lipinski definition) is 2. The van der Waals surface area contributed by atoms with Crippen molar-refractivity contribution in [3.8, 4) is 0 Å². The molecule has 2 N–H and O–H groups in total. The molecule has 12 nitrogen and oxygen atoms in total. The first kappa shape index (κ1) is 34.2. The molecule has 43 heavy (non-hydrogen) atoms. The van der Waals surface area contributed by atoms with Crippen LogP contribution in [0.1, 0.15) is 88.0 Å². The summed E-state index contributed by atoms with van der Waals surface area (Å²) in [7, 11) is 0. The fraction of sp³-hybridized carbons (Fsp3) is 0.710. The van der Waals surface area contributed by atoms with Crippen molar-refractivity contribution >= 4 is 29.8 Å². The highest BCUT2D eigenvalue weighted by molar-refractivity contribution is 5.88. The summed E-state index contributed by atoms with van der Waals surface area (Å²) >= 11 is 0. The second kappa shape index (κ2) is 12.4. The maximum atomic E-state index is 13.1. The summed E-state index contributed by atoms with van der Waals surface area (Å²) < 4.78 is 29.0. The zero-order valence-corrected chi connectivity index (χ0v) is 26.3. The van der Waals surface area contributed by atoms with Gasteiger partial charge in [-0.25, -0.2) is 9.59 Å². The smallest absolute Gasteiger partial charge is 0.341 e. The standard InChI is InChI=1S/C31H44O12/c1-10-12-20(33)39-19-14-29(8,43-18(7)32)23-22(26-31(19,38)30(9,37)28(36)42-26)17(6)24(41-27(35)16(5)11-2)25(23)40-21(34)13-15(3)4/h11,15,19,23-26,37-38H,10,12-14H2,1-9H3/b16-11-/t19-,23?,24-,25-,26?,29-,30+,31+/m0/s1. The lowest BCUT2D eigenvalue weighted by Crippen LogP contribution is -2.64. The average molecular weight is 609 g/mol. The molecule has 1 saturated carbocycles. The first-order chi connectivity index (χ1) is 19.8. The Morgan fingerprint density at radius 2 is 1.70 bits per heavy atom. The van der Waals surface area contributed by atoms with Gasteiger partial charge in [0.25, 0.3) is 0 Å². The predicted octanol–water partition coefficient (Wildman–Crippen LogP) is 2.61. The summed E-state index contributed by atoms with van der Waals surface area (Å²) in [5.74, 6) is -5.19. The quantitative estimate of drug-likeness (QED) is 0.170. The fourth-order valence-electron chi connectivity index (χ4n) is 6.35. The van der Waals surface area contributed by atoms with E-state index in [0.29, 0.717) is 6.42 Å². The van der Waals surface area contributed by atoms with Crippen molar-refractivity contribution < 1.29 is 57.9 Å². The summed E-state index contributed by atoms with van der Waals surface area (Å²) in [6.45, 7) is 13.9. The van der Waals surface area contributed by atoms with E-state index in [4.69, 9.17) is 23.7 Å². The van der Waals surface area contributed by atoms with Gasteiger partial charge in [-0.05, 0) is 58.1 Å². The largest absolute Gasteiger partial charge is 0.459 e. The monoisotopic (exact) mass is 608 g/mol. The lowest BCUT2D eigenvalue weighted by atomic mass is 9.75. The van der Waals surface area contributed by atoms with Crippen molar-refractivity contribution in [1.82, 2.24) is 0 Å². The number of carbonyl (C=O) groups is 5. The molecule has 8 atom stereocenters. The van der Waals surface area contributed by atoms with Gasteiger partial charge in [0, 0.05) is 31.8 Å². The molecular formula is C31H44O12. The number of rotatable bonds is 9. The van der Waals surface area contributed by atoms with E-state index >= 15 is 0 Å². The molecule has 3 rings (SSSR count). The van der Waals surface area contributed by atoms with E-state index in [-0.39, 0.29) is 35.5 Å².